The largest absolute Gasteiger partial charge is 0.461 e. The first-order valence-corrected chi connectivity index (χ1v) is 7.51. The van der Waals surface area contributed by atoms with Gasteiger partial charge in [-0.25, -0.2) is 4.79 Å². The SMILES string of the molecule is CCC(C(=O)OC1CCCCC1)n1cc(C)ccc1=O. The first-order chi connectivity index (χ1) is 9.61. The van der Waals surface area contributed by atoms with Crippen LogP contribution in [0.4, 0.5) is 0 Å². The van der Waals surface area contributed by atoms with E-state index < -0.39 is 6.04 Å². The highest BCUT2D eigenvalue weighted by atomic mass is 16.5. The Morgan fingerprint density at radius 2 is 2.05 bits per heavy atom. The van der Waals surface area contributed by atoms with Gasteiger partial charge in [0.15, 0.2) is 0 Å². The number of carbonyl (C=O) groups is 1. The minimum Gasteiger partial charge on any atom is -0.461 e. The van der Waals surface area contributed by atoms with Crippen molar-refractivity contribution in [2.24, 2.45) is 0 Å². The van der Waals surface area contributed by atoms with E-state index in [1.807, 2.05) is 13.8 Å². The van der Waals surface area contributed by atoms with Crippen molar-refractivity contribution in [2.45, 2.75) is 64.5 Å². The summed E-state index contributed by atoms with van der Waals surface area (Å²) in [7, 11) is 0. The smallest absolute Gasteiger partial charge is 0.329 e. The minimum absolute atomic E-state index is 0.0332. The molecule has 0 bridgehead atoms. The zero-order chi connectivity index (χ0) is 14.5. The van der Waals surface area contributed by atoms with Gasteiger partial charge >= 0.3 is 5.97 Å². The van der Waals surface area contributed by atoms with Gasteiger partial charge in [-0.3, -0.25) is 4.79 Å². The molecule has 1 aliphatic carbocycles. The molecule has 1 fully saturated rings. The van der Waals surface area contributed by atoms with Crippen LogP contribution in [0.1, 0.15) is 57.1 Å². The van der Waals surface area contributed by atoms with Gasteiger partial charge in [0.2, 0.25) is 0 Å². The maximum absolute atomic E-state index is 12.3. The summed E-state index contributed by atoms with van der Waals surface area (Å²) in [6, 6.07) is 2.76. The van der Waals surface area contributed by atoms with Crippen LogP contribution in [-0.4, -0.2) is 16.6 Å². The van der Waals surface area contributed by atoms with E-state index in [0.29, 0.717) is 6.42 Å². The summed E-state index contributed by atoms with van der Waals surface area (Å²) >= 11 is 0. The molecule has 1 saturated carbocycles. The van der Waals surface area contributed by atoms with E-state index in [4.69, 9.17) is 4.74 Å². The third kappa shape index (κ3) is 3.50. The average molecular weight is 277 g/mol. The minimum atomic E-state index is -0.510. The Morgan fingerprint density at radius 3 is 2.70 bits per heavy atom. The molecule has 4 nitrogen and oxygen atoms in total. The Hall–Kier alpha value is -1.58. The predicted molar refractivity (Wildman–Crippen MR) is 77.7 cm³/mol. The second-order valence-corrected chi connectivity index (χ2v) is 5.57. The van der Waals surface area contributed by atoms with E-state index in [1.54, 1.807) is 12.3 Å². The van der Waals surface area contributed by atoms with E-state index >= 15 is 0 Å². The van der Waals surface area contributed by atoms with Crippen LogP contribution in [0.2, 0.25) is 0 Å². The zero-order valence-corrected chi connectivity index (χ0v) is 12.3. The van der Waals surface area contributed by atoms with Crippen molar-refractivity contribution >= 4 is 5.97 Å². The molecule has 110 valence electrons. The van der Waals surface area contributed by atoms with Gasteiger partial charge in [0, 0.05) is 12.3 Å². The van der Waals surface area contributed by atoms with Crippen molar-refractivity contribution in [1.29, 1.82) is 0 Å². The molecule has 0 aromatic carbocycles. The van der Waals surface area contributed by atoms with Gasteiger partial charge in [-0.05, 0) is 44.6 Å². The average Bonchev–Trinajstić information content (AvgIpc) is 2.44. The number of aromatic nitrogens is 1. The molecule has 1 aromatic heterocycles. The lowest BCUT2D eigenvalue weighted by Gasteiger charge is -2.25. The number of hydrogen-bond donors (Lipinski definition) is 0. The summed E-state index contributed by atoms with van der Waals surface area (Å²) in [5.41, 5.74) is 0.816. The summed E-state index contributed by atoms with van der Waals surface area (Å²) in [6.07, 6.45) is 7.70. The molecule has 0 N–H and O–H groups in total. The third-order valence-electron chi connectivity index (χ3n) is 3.92. The first-order valence-electron chi connectivity index (χ1n) is 7.51. The zero-order valence-electron chi connectivity index (χ0n) is 12.3. The fraction of sp³-hybridized carbons (Fsp3) is 0.625. The van der Waals surface area contributed by atoms with Crippen LogP contribution in [0, 0.1) is 6.92 Å². The molecule has 1 atom stereocenters. The van der Waals surface area contributed by atoms with Crippen molar-refractivity contribution in [1.82, 2.24) is 4.57 Å². The van der Waals surface area contributed by atoms with Gasteiger partial charge in [-0.15, -0.1) is 0 Å². The number of carbonyl (C=O) groups excluding carboxylic acids is 1. The molecule has 1 aliphatic rings. The Morgan fingerprint density at radius 1 is 1.35 bits per heavy atom. The topological polar surface area (TPSA) is 48.3 Å². The maximum Gasteiger partial charge on any atom is 0.329 e. The Bertz CT molecular complexity index is 515. The first kappa shape index (κ1) is 14.8. The van der Waals surface area contributed by atoms with Crippen LogP contribution < -0.4 is 5.56 Å². The lowest BCUT2D eigenvalue weighted by Crippen LogP contribution is -2.32. The molecule has 0 amide bonds. The molecular weight excluding hydrogens is 254 g/mol. The van der Waals surface area contributed by atoms with E-state index in [2.05, 4.69) is 0 Å². The van der Waals surface area contributed by atoms with Crippen molar-refractivity contribution in [2.75, 3.05) is 0 Å². The molecule has 4 heteroatoms. The molecule has 20 heavy (non-hydrogen) atoms. The molecule has 0 radical (unpaired) electrons. The van der Waals surface area contributed by atoms with Crippen molar-refractivity contribution in [3.05, 3.63) is 34.2 Å². The van der Waals surface area contributed by atoms with Crippen LogP contribution >= 0.6 is 0 Å². The van der Waals surface area contributed by atoms with Gasteiger partial charge < -0.3 is 9.30 Å². The molecular formula is C16H23NO3. The molecule has 0 saturated heterocycles. The summed E-state index contributed by atoms with van der Waals surface area (Å²) in [5.74, 6) is -0.271. The highest BCUT2D eigenvalue weighted by Gasteiger charge is 2.25. The molecule has 1 heterocycles. The normalized spacial score (nSPS) is 17.7. The number of esters is 1. The molecule has 0 aliphatic heterocycles. The van der Waals surface area contributed by atoms with Crippen LogP contribution in [-0.2, 0) is 9.53 Å². The number of hydrogen-bond acceptors (Lipinski definition) is 3. The van der Waals surface area contributed by atoms with Crippen LogP contribution in [0.3, 0.4) is 0 Å². The van der Waals surface area contributed by atoms with Crippen molar-refractivity contribution in [3.8, 4) is 0 Å². The number of pyridine rings is 1. The lowest BCUT2D eigenvalue weighted by molar-refractivity contribution is -0.154. The Kier molecular flexibility index (Phi) is 4.99. The van der Waals surface area contributed by atoms with E-state index in [1.165, 1.54) is 17.1 Å². The van der Waals surface area contributed by atoms with Gasteiger partial charge in [0.05, 0.1) is 0 Å². The number of nitrogens with zero attached hydrogens (tertiary/aromatic N) is 1. The molecule has 1 aromatic rings. The summed E-state index contributed by atoms with van der Waals surface area (Å²) in [4.78, 5) is 24.2. The number of aryl methyl sites for hydroxylation is 1. The Labute approximate surface area is 119 Å². The van der Waals surface area contributed by atoms with Crippen LogP contribution in [0.15, 0.2) is 23.1 Å². The standard InChI is InChI=1S/C16H23NO3/c1-3-14(17-11-12(2)9-10-15(17)18)16(19)20-13-7-5-4-6-8-13/h9-11,13-14H,3-8H2,1-2H3. The molecule has 1 unspecified atom stereocenters. The van der Waals surface area contributed by atoms with Crippen molar-refractivity contribution < 1.29 is 9.53 Å². The van der Waals surface area contributed by atoms with Gasteiger partial charge in [-0.2, -0.15) is 0 Å². The quantitative estimate of drug-likeness (QED) is 0.795. The summed E-state index contributed by atoms with van der Waals surface area (Å²) in [5, 5.41) is 0. The number of rotatable bonds is 4. The van der Waals surface area contributed by atoms with Gasteiger partial charge in [0.1, 0.15) is 12.1 Å². The summed E-state index contributed by atoms with van der Waals surface area (Å²) in [6.45, 7) is 3.82. The van der Waals surface area contributed by atoms with Crippen molar-refractivity contribution in [3.63, 3.8) is 0 Å². The number of ether oxygens (including phenoxy) is 1. The Balaban J connectivity index is 2.12. The van der Waals surface area contributed by atoms with E-state index in [-0.39, 0.29) is 17.6 Å². The lowest BCUT2D eigenvalue weighted by atomic mass is 9.98. The second kappa shape index (κ2) is 6.73. The highest BCUT2D eigenvalue weighted by Crippen LogP contribution is 2.22. The maximum atomic E-state index is 12.3. The van der Waals surface area contributed by atoms with Gasteiger partial charge in [0.25, 0.3) is 5.56 Å². The fourth-order valence-electron chi connectivity index (χ4n) is 2.76. The highest BCUT2D eigenvalue weighted by molar-refractivity contribution is 5.74. The van der Waals surface area contributed by atoms with E-state index in [9.17, 15) is 9.59 Å². The molecule has 0 spiro atoms. The second-order valence-electron chi connectivity index (χ2n) is 5.57. The fourth-order valence-corrected chi connectivity index (χ4v) is 2.76. The van der Waals surface area contributed by atoms with E-state index in [0.717, 1.165) is 31.2 Å². The third-order valence-corrected chi connectivity index (χ3v) is 3.92. The van der Waals surface area contributed by atoms with Crippen LogP contribution in [0.25, 0.3) is 0 Å². The monoisotopic (exact) mass is 277 g/mol. The van der Waals surface area contributed by atoms with Gasteiger partial charge in [-0.1, -0.05) is 19.4 Å². The predicted octanol–water partition coefficient (Wildman–Crippen LogP) is 2.98. The summed E-state index contributed by atoms with van der Waals surface area (Å²) < 4.78 is 7.10. The molecule has 2 rings (SSSR count). The van der Waals surface area contributed by atoms with Crippen LogP contribution in [0.5, 0.6) is 0 Å².